The van der Waals surface area contributed by atoms with Crippen molar-refractivity contribution in [1.29, 1.82) is 0 Å². The van der Waals surface area contributed by atoms with Crippen molar-refractivity contribution < 1.29 is 0 Å². The Morgan fingerprint density at radius 1 is 0.842 bits per heavy atom. The van der Waals surface area contributed by atoms with Gasteiger partial charge in [0.1, 0.15) is 0 Å². The molecule has 1 aliphatic heterocycles. The van der Waals surface area contributed by atoms with E-state index < -0.39 is 0 Å². The summed E-state index contributed by atoms with van der Waals surface area (Å²) in [6, 6.07) is 0. The van der Waals surface area contributed by atoms with Crippen LogP contribution in [0.2, 0.25) is 0 Å². The number of hydrogen-bond acceptors (Lipinski definition) is 5. The van der Waals surface area contributed by atoms with Gasteiger partial charge in [-0.3, -0.25) is 0 Å². The molecule has 19 heavy (non-hydrogen) atoms. The zero-order valence-corrected chi connectivity index (χ0v) is 12.7. The molecule has 114 valence electrons. The lowest BCUT2D eigenvalue weighted by atomic mass is 10.2. The molecule has 0 aromatic rings. The van der Waals surface area contributed by atoms with E-state index in [0.717, 1.165) is 39.0 Å². The van der Waals surface area contributed by atoms with Gasteiger partial charge in [0.2, 0.25) is 0 Å². The second-order valence-electron chi connectivity index (χ2n) is 5.62. The van der Waals surface area contributed by atoms with Gasteiger partial charge in [-0.15, -0.1) is 0 Å². The van der Waals surface area contributed by atoms with Gasteiger partial charge in [0, 0.05) is 26.2 Å². The molecular formula is C14H33N5. The van der Waals surface area contributed by atoms with Crippen molar-refractivity contribution in [3.8, 4) is 0 Å². The highest BCUT2D eigenvalue weighted by Crippen LogP contribution is 2.02. The molecule has 0 bridgehead atoms. The Morgan fingerprint density at radius 2 is 1.37 bits per heavy atom. The van der Waals surface area contributed by atoms with E-state index in [1.807, 2.05) is 0 Å². The third-order valence-corrected chi connectivity index (χ3v) is 3.90. The molecule has 1 saturated heterocycles. The Bertz CT molecular complexity index is 196. The highest BCUT2D eigenvalue weighted by Gasteiger charge is 2.13. The van der Waals surface area contributed by atoms with Crippen molar-refractivity contribution in [3.05, 3.63) is 0 Å². The molecule has 0 aliphatic carbocycles. The zero-order valence-electron chi connectivity index (χ0n) is 12.7. The predicted molar refractivity (Wildman–Crippen MR) is 82.3 cm³/mol. The van der Waals surface area contributed by atoms with E-state index in [0.29, 0.717) is 0 Å². The van der Waals surface area contributed by atoms with Crippen LogP contribution in [0.1, 0.15) is 19.3 Å². The molecule has 0 aromatic heterocycles. The fourth-order valence-corrected chi connectivity index (χ4v) is 2.55. The number of likely N-dealkylation sites (N-methyl/N-ethyl adjacent to an activating group) is 1. The summed E-state index contributed by atoms with van der Waals surface area (Å²) in [5.74, 6) is 0. The van der Waals surface area contributed by atoms with Crippen LogP contribution < -0.4 is 11.5 Å². The van der Waals surface area contributed by atoms with Gasteiger partial charge in [-0.2, -0.15) is 0 Å². The minimum absolute atomic E-state index is 0.789. The topological polar surface area (TPSA) is 61.8 Å². The Labute approximate surface area is 118 Å². The van der Waals surface area contributed by atoms with Crippen LogP contribution in [0.15, 0.2) is 0 Å². The first-order chi connectivity index (χ1) is 9.26. The number of piperazine rings is 1. The smallest absolute Gasteiger partial charge is 0.0110 e. The van der Waals surface area contributed by atoms with E-state index in [2.05, 4.69) is 21.7 Å². The monoisotopic (exact) mass is 271 g/mol. The molecule has 5 nitrogen and oxygen atoms in total. The quantitative estimate of drug-likeness (QED) is 0.567. The lowest BCUT2D eigenvalue weighted by molar-refractivity contribution is 0.145. The van der Waals surface area contributed by atoms with Crippen molar-refractivity contribution in [2.75, 3.05) is 72.5 Å². The summed E-state index contributed by atoms with van der Waals surface area (Å²) < 4.78 is 0. The molecule has 0 radical (unpaired) electrons. The molecule has 1 fully saturated rings. The maximum atomic E-state index is 5.60. The third kappa shape index (κ3) is 7.84. The van der Waals surface area contributed by atoms with Crippen molar-refractivity contribution in [3.63, 3.8) is 0 Å². The van der Waals surface area contributed by atoms with Crippen LogP contribution >= 0.6 is 0 Å². The number of rotatable bonds is 10. The number of nitrogens with two attached hydrogens (primary N) is 2. The van der Waals surface area contributed by atoms with Crippen molar-refractivity contribution in [2.45, 2.75) is 19.3 Å². The van der Waals surface area contributed by atoms with E-state index in [-0.39, 0.29) is 0 Å². The molecule has 1 heterocycles. The summed E-state index contributed by atoms with van der Waals surface area (Å²) in [6.07, 6.45) is 3.46. The largest absolute Gasteiger partial charge is 0.330 e. The van der Waals surface area contributed by atoms with Gasteiger partial charge >= 0.3 is 0 Å². The second kappa shape index (κ2) is 10.6. The van der Waals surface area contributed by atoms with Crippen molar-refractivity contribution >= 4 is 0 Å². The summed E-state index contributed by atoms with van der Waals surface area (Å²) in [5.41, 5.74) is 11.2. The first kappa shape index (κ1) is 16.9. The van der Waals surface area contributed by atoms with Crippen LogP contribution in [0.5, 0.6) is 0 Å². The standard InChI is InChI=1S/C14H33N5/c1-17-11-13-19(14-12-17)10-4-9-18(7-2-5-15)8-3-6-16/h2-16H2,1H3. The first-order valence-electron chi connectivity index (χ1n) is 7.79. The van der Waals surface area contributed by atoms with Crippen LogP contribution in [-0.4, -0.2) is 87.2 Å². The summed E-state index contributed by atoms with van der Waals surface area (Å²) in [5, 5.41) is 0. The SMILES string of the molecule is CN1CCN(CCCN(CCCN)CCCN)CC1. The van der Waals surface area contributed by atoms with E-state index in [1.54, 1.807) is 0 Å². The maximum Gasteiger partial charge on any atom is 0.0110 e. The predicted octanol–water partition coefficient (Wildman–Crippen LogP) is -0.376. The Morgan fingerprint density at radius 3 is 1.89 bits per heavy atom. The zero-order chi connectivity index (χ0) is 13.9. The molecule has 0 unspecified atom stereocenters. The highest BCUT2D eigenvalue weighted by molar-refractivity contribution is 4.70. The summed E-state index contributed by atoms with van der Waals surface area (Å²) >= 11 is 0. The molecule has 0 aromatic carbocycles. The van der Waals surface area contributed by atoms with Crippen molar-refractivity contribution in [1.82, 2.24) is 14.7 Å². The summed E-state index contributed by atoms with van der Waals surface area (Å²) in [7, 11) is 2.21. The highest BCUT2D eigenvalue weighted by atomic mass is 15.2. The van der Waals surface area contributed by atoms with Crippen LogP contribution in [0.4, 0.5) is 0 Å². The Hall–Kier alpha value is -0.200. The van der Waals surface area contributed by atoms with Gasteiger partial charge in [0.05, 0.1) is 0 Å². The van der Waals surface area contributed by atoms with Gasteiger partial charge in [0.25, 0.3) is 0 Å². The van der Waals surface area contributed by atoms with E-state index in [9.17, 15) is 0 Å². The van der Waals surface area contributed by atoms with E-state index in [4.69, 9.17) is 11.5 Å². The normalized spacial score (nSPS) is 18.3. The molecule has 0 atom stereocenters. The van der Waals surface area contributed by atoms with E-state index in [1.165, 1.54) is 45.7 Å². The molecule has 4 N–H and O–H groups in total. The fraction of sp³-hybridized carbons (Fsp3) is 1.00. The maximum absolute atomic E-state index is 5.60. The minimum Gasteiger partial charge on any atom is -0.330 e. The molecule has 0 spiro atoms. The van der Waals surface area contributed by atoms with Crippen LogP contribution in [0.25, 0.3) is 0 Å². The van der Waals surface area contributed by atoms with Crippen LogP contribution in [-0.2, 0) is 0 Å². The van der Waals surface area contributed by atoms with Gasteiger partial charge in [-0.1, -0.05) is 0 Å². The number of nitrogens with zero attached hydrogens (tertiary/aromatic N) is 3. The lowest BCUT2D eigenvalue weighted by Gasteiger charge is -2.33. The molecule has 0 amide bonds. The fourth-order valence-electron chi connectivity index (χ4n) is 2.55. The van der Waals surface area contributed by atoms with Gasteiger partial charge < -0.3 is 26.2 Å². The molecule has 1 rings (SSSR count). The summed E-state index contributed by atoms with van der Waals surface area (Å²) in [6.45, 7) is 11.1. The van der Waals surface area contributed by atoms with E-state index >= 15 is 0 Å². The third-order valence-electron chi connectivity index (χ3n) is 3.90. The van der Waals surface area contributed by atoms with Gasteiger partial charge in [-0.25, -0.2) is 0 Å². The Balaban J connectivity index is 2.12. The van der Waals surface area contributed by atoms with Crippen LogP contribution in [0.3, 0.4) is 0 Å². The average molecular weight is 271 g/mol. The first-order valence-corrected chi connectivity index (χ1v) is 7.79. The van der Waals surface area contributed by atoms with Crippen LogP contribution in [0, 0.1) is 0 Å². The second-order valence-corrected chi connectivity index (χ2v) is 5.62. The van der Waals surface area contributed by atoms with Crippen molar-refractivity contribution in [2.24, 2.45) is 11.5 Å². The lowest BCUT2D eigenvalue weighted by Crippen LogP contribution is -2.45. The average Bonchev–Trinajstić information content (AvgIpc) is 2.43. The molecule has 1 aliphatic rings. The summed E-state index contributed by atoms with van der Waals surface area (Å²) in [4.78, 5) is 7.52. The van der Waals surface area contributed by atoms with Gasteiger partial charge in [0.15, 0.2) is 0 Å². The molecule has 0 saturated carbocycles. The minimum atomic E-state index is 0.789. The number of hydrogen-bond donors (Lipinski definition) is 2. The van der Waals surface area contributed by atoms with Gasteiger partial charge in [-0.05, 0) is 65.6 Å². The molecular weight excluding hydrogens is 238 g/mol. The molecule has 5 heteroatoms. The Kier molecular flexibility index (Phi) is 9.38.